The van der Waals surface area contributed by atoms with Crippen molar-refractivity contribution in [2.45, 2.75) is 20.0 Å². The summed E-state index contributed by atoms with van der Waals surface area (Å²) in [6.07, 6.45) is 0. The van der Waals surface area contributed by atoms with Gasteiger partial charge in [0.15, 0.2) is 0 Å². The lowest BCUT2D eigenvalue weighted by molar-refractivity contribution is 0.627. The van der Waals surface area contributed by atoms with Crippen LogP contribution in [0.25, 0.3) is 11.0 Å². The summed E-state index contributed by atoms with van der Waals surface area (Å²) in [6, 6.07) is 12.2. The number of nitrogens with one attached hydrogen (secondary N) is 1. The van der Waals surface area contributed by atoms with E-state index in [0.29, 0.717) is 11.6 Å². The van der Waals surface area contributed by atoms with Gasteiger partial charge in [0.1, 0.15) is 11.6 Å². The van der Waals surface area contributed by atoms with Crippen LogP contribution in [0.5, 0.6) is 0 Å². The second kappa shape index (κ2) is 5.74. The standard InChI is InChI=1S/C16H15ClFN3/c1-2-21-15-9-12(18)5-8-14(15)20-16(21)10-19-13-6-3-11(17)4-7-13/h3-9,19H,2,10H2,1H3. The Morgan fingerprint density at radius 3 is 2.67 bits per heavy atom. The smallest absolute Gasteiger partial charge is 0.129 e. The molecule has 0 amide bonds. The highest BCUT2D eigenvalue weighted by molar-refractivity contribution is 6.30. The molecule has 21 heavy (non-hydrogen) atoms. The monoisotopic (exact) mass is 303 g/mol. The van der Waals surface area contributed by atoms with Gasteiger partial charge in [0, 0.05) is 17.3 Å². The van der Waals surface area contributed by atoms with Crippen molar-refractivity contribution in [3.63, 3.8) is 0 Å². The van der Waals surface area contributed by atoms with Crippen LogP contribution in [-0.2, 0) is 13.1 Å². The number of fused-ring (bicyclic) bond motifs is 1. The molecule has 3 rings (SSSR count). The van der Waals surface area contributed by atoms with Gasteiger partial charge in [-0.15, -0.1) is 0 Å². The number of anilines is 1. The fraction of sp³-hybridized carbons (Fsp3) is 0.188. The van der Waals surface area contributed by atoms with E-state index in [-0.39, 0.29) is 5.82 Å². The van der Waals surface area contributed by atoms with E-state index in [4.69, 9.17) is 11.6 Å². The zero-order valence-corrected chi connectivity index (χ0v) is 12.4. The van der Waals surface area contributed by atoms with Gasteiger partial charge >= 0.3 is 0 Å². The predicted octanol–water partition coefficient (Wildman–Crippen LogP) is 4.46. The molecule has 0 saturated carbocycles. The third kappa shape index (κ3) is 2.85. The van der Waals surface area contributed by atoms with Crippen LogP contribution in [-0.4, -0.2) is 9.55 Å². The summed E-state index contributed by atoms with van der Waals surface area (Å²) >= 11 is 5.87. The first-order chi connectivity index (χ1) is 10.2. The van der Waals surface area contributed by atoms with Crippen LogP contribution >= 0.6 is 11.6 Å². The Kier molecular flexibility index (Phi) is 3.80. The molecule has 0 spiro atoms. The Morgan fingerprint density at radius 2 is 1.95 bits per heavy atom. The zero-order valence-electron chi connectivity index (χ0n) is 11.6. The van der Waals surface area contributed by atoms with E-state index in [1.165, 1.54) is 12.1 Å². The largest absolute Gasteiger partial charge is 0.378 e. The van der Waals surface area contributed by atoms with Crippen LogP contribution in [0.1, 0.15) is 12.7 Å². The molecule has 0 aliphatic rings. The van der Waals surface area contributed by atoms with E-state index >= 15 is 0 Å². The summed E-state index contributed by atoms with van der Waals surface area (Å²) in [5, 5.41) is 4.01. The second-order valence-electron chi connectivity index (χ2n) is 4.77. The zero-order chi connectivity index (χ0) is 14.8. The summed E-state index contributed by atoms with van der Waals surface area (Å²) in [5.41, 5.74) is 2.61. The Bertz CT molecular complexity index is 765. The van der Waals surface area contributed by atoms with Crippen molar-refractivity contribution in [1.29, 1.82) is 0 Å². The van der Waals surface area contributed by atoms with E-state index < -0.39 is 0 Å². The Morgan fingerprint density at radius 1 is 1.19 bits per heavy atom. The molecule has 0 saturated heterocycles. The molecule has 1 N–H and O–H groups in total. The minimum Gasteiger partial charge on any atom is -0.378 e. The number of imidazole rings is 1. The molecule has 0 aliphatic carbocycles. The van der Waals surface area contributed by atoms with Crippen molar-refractivity contribution in [3.8, 4) is 0 Å². The minimum atomic E-state index is -0.241. The number of hydrogen-bond donors (Lipinski definition) is 1. The lowest BCUT2D eigenvalue weighted by Crippen LogP contribution is -2.07. The summed E-state index contributed by atoms with van der Waals surface area (Å²) in [6.45, 7) is 3.35. The maximum absolute atomic E-state index is 13.4. The number of benzene rings is 2. The van der Waals surface area contributed by atoms with Gasteiger partial charge in [-0.25, -0.2) is 9.37 Å². The molecule has 5 heteroatoms. The van der Waals surface area contributed by atoms with E-state index in [9.17, 15) is 4.39 Å². The van der Waals surface area contributed by atoms with Gasteiger partial charge in [-0.3, -0.25) is 0 Å². The van der Waals surface area contributed by atoms with Crippen molar-refractivity contribution >= 4 is 28.3 Å². The third-order valence-corrected chi connectivity index (χ3v) is 3.65. The number of rotatable bonds is 4. The molecule has 1 aromatic heterocycles. The van der Waals surface area contributed by atoms with Crippen LogP contribution in [0.4, 0.5) is 10.1 Å². The highest BCUT2D eigenvalue weighted by Crippen LogP contribution is 2.19. The molecule has 0 atom stereocenters. The lowest BCUT2D eigenvalue weighted by Gasteiger charge is -2.08. The number of aryl methyl sites for hydroxylation is 1. The molecule has 0 unspecified atom stereocenters. The van der Waals surface area contributed by atoms with Crippen LogP contribution in [0.2, 0.25) is 5.02 Å². The average Bonchev–Trinajstić information content (AvgIpc) is 2.83. The molecular formula is C16H15ClFN3. The lowest BCUT2D eigenvalue weighted by atomic mass is 10.3. The van der Waals surface area contributed by atoms with E-state index in [1.807, 2.05) is 35.8 Å². The molecule has 0 fully saturated rings. The van der Waals surface area contributed by atoms with Crippen LogP contribution < -0.4 is 5.32 Å². The first-order valence-electron chi connectivity index (χ1n) is 6.81. The number of halogens is 2. The maximum atomic E-state index is 13.4. The van der Waals surface area contributed by atoms with Crippen molar-refractivity contribution in [2.75, 3.05) is 5.32 Å². The third-order valence-electron chi connectivity index (χ3n) is 3.40. The van der Waals surface area contributed by atoms with Gasteiger partial charge in [0.05, 0.1) is 17.6 Å². The summed E-state index contributed by atoms with van der Waals surface area (Å²) in [4.78, 5) is 4.56. The Balaban J connectivity index is 1.88. The van der Waals surface area contributed by atoms with E-state index in [1.54, 1.807) is 6.07 Å². The number of hydrogen-bond acceptors (Lipinski definition) is 2. The molecule has 2 aromatic carbocycles. The van der Waals surface area contributed by atoms with Crippen LogP contribution in [0.15, 0.2) is 42.5 Å². The molecule has 3 aromatic rings. The molecule has 0 bridgehead atoms. The van der Waals surface area contributed by atoms with Crippen molar-refractivity contribution in [1.82, 2.24) is 9.55 Å². The van der Waals surface area contributed by atoms with Gasteiger partial charge in [-0.2, -0.15) is 0 Å². The van der Waals surface area contributed by atoms with E-state index in [0.717, 1.165) is 29.1 Å². The van der Waals surface area contributed by atoms with Crippen molar-refractivity contribution in [3.05, 3.63) is 59.1 Å². The van der Waals surface area contributed by atoms with Gasteiger partial charge in [0.25, 0.3) is 0 Å². The first-order valence-corrected chi connectivity index (χ1v) is 7.19. The minimum absolute atomic E-state index is 0.241. The van der Waals surface area contributed by atoms with E-state index in [2.05, 4.69) is 10.3 Å². The van der Waals surface area contributed by atoms with Crippen LogP contribution in [0.3, 0.4) is 0 Å². The topological polar surface area (TPSA) is 29.9 Å². The van der Waals surface area contributed by atoms with Crippen molar-refractivity contribution in [2.24, 2.45) is 0 Å². The number of aromatic nitrogens is 2. The normalized spacial score (nSPS) is 11.0. The molecule has 108 valence electrons. The molecule has 3 nitrogen and oxygen atoms in total. The van der Waals surface area contributed by atoms with Crippen LogP contribution in [0, 0.1) is 5.82 Å². The molecule has 1 heterocycles. The fourth-order valence-corrected chi connectivity index (χ4v) is 2.51. The quantitative estimate of drug-likeness (QED) is 0.771. The van der Waals surface area contributed by atoms with Gasteiger partial charge in [0.2, 0.25) is 0 Å². The summed E-state index contributed by atoms with van der Waals surface area (Å²) < 4.78 is 15.4. The molecular weight excluding hydrogens is 289 g/mol. The highest BCUT2D eigenvalue weighted by Gasteiger charge is 2.10. The SMILES string of the molecule is CCn1c(CNc2ccc(Cl)cc2)nc2ccc(F)cc21. The summed E-state index contributed by atoms with van der Waals surface area (Å²) in [5.74, 6) is 0.641. The molecule has 0 radical (unpaired) electrons. The molecule has 0 aliphatic heterocycles. The Hall–Kier alpha value is -2.07. The predicted molar refractivity (Wildman–Crippen MR) is 84.1 cm³/mol. The number of nitrogens with zero attached hydrogens (tertiary/aromatic N) is 2. The fourth-order valence-electron chi connectivity index (χ4n) is 2.38. The summed E-state index contributed by atoms with van der Waals surface area (Å²) in [7, 11) is 0. The second-order valence-corrected chi connectivity index (χ2v) is 5.20. The first kappa shape index (κ1) is 13.9. The average molecular weight is 304 g/mol. The van der Waals surface area contributed by atoms with Crippen molar-refractivity contribution < 1.29 is 4.39 Å². The van der Waals surface area contributed by atoms with Gasteiger partial charge < -0.3 is 9.88 Å². The van der Waals surface area contributed by atoms with Gasteiger partial charge in [-0.05, 0) is 49.4 Å². The van der Waals surface area contributed by atoms with Gasteiger partial charge in [-0.1, -0.05) is 11.6 Å². The highest BCUT2D eigenvalue weighted by atomic mass is 35.5. The Labute approximate surface area is 127 Å². The maximum Gasteiger partial charge on any atom is 0.129 e.